The molecule has 0 aromatic heterocycles. The van der Waals surface area contributed by atoms with E-state index in [0.717, 1.165) is 11.3 Å². The number of hydrogen-bond donors (Lipinski definition) is 2. The van der Waals surface area contributed by atoms with Gasteiger partial charge in [-0.15, -0.1) is 0 Å². The minimum absolute atomic E-state index is 0.0278. The Morgan fingerprint density at radius 3 is 2.67 bits per heavy atom. The minimum atomic E-state index is -0.874. The van der Waals surface area contributed by atoms with Gasteiger partial charge in [0.2, 0.25) is 0 Å². The minimum Gasteiger partial charge on any atom is -0.496 e. The summed E-state index contributed by atoms with van der Waals surface area (Å²) in [5, 5.41) is 11.3. The van der Waals surface area contributed by atoms with E-state index in [2.05, 4.69) is 5.32 Å². The van der Waals surface area contributed by atoms with Gasteiger partial charge in [-0.3, -0.25) is 9.59 Å². The predicted octanol–water partition coefficient (Wildman–Crippen LogP) is 1.75. The molecule has 0 aliphatic rings. The van der Waals surface area contributed by atoms with Crippen molar-refractivity contribution < 1.29 is 24.2 Å². The molecule has 0 bridgehead atoms. The van der Waals surface area contributed by atoms with E-state index in [1.54, 1.807) is 32.2 Å². The standard InChI is InChI=1S/C15H21NO5/c1-10-8-12(5-6-13(10)20-3)21-9-14(17)16-11(2)4-7-15(18)19/h5-6,8,11H,4,7,9H2,1-3H3,(H,16,17)(H,18,19). The summed E-state index contributed by atoms with van der Waals surface area (Å²) in [6, 6.07) is 5.10. The fourth-order valence-electron chi connectivity index (χ4n) is 1.82. The Balaban J connectivity index is 2.39. The van der Waals surface area contributed by atoms with Gasteiger partial charge in [0.15, 0.2) is 6.61 Å². The molecule has 21 heavy (non-hydrogen) atoms. The van der Waals surface area contributed by atoms with Crippen LogP contribution in [0.15, 0.2) is 18.2 Å². The molecule has 0 heterocycles. The first-order valence-corrected chi connectivity index (χ1v) is 6.71. The molecule has 0 spiro atoms. The lowest BCUT2D eigenvalue weighted by Crippen LogP contribution is -2.36. The largest absolute Gasteiger partial charge is 0.496 e. The van der Waals surface area contributed by atoms with E-state index >= 15 is 0 Å². The molecule has 0 aliphatic carbocycles. The summed E-state index contributed by atoms with van der Waals surface area (Å²) >= 11 is 0. The lowest BCUT2D eigenvalue weighted by Gasteiger charge is -2.13. The van der Waals surface area contributed by atoms with Crippen molar-refractivity contribution >= 4 is 11.9 Å². The van der Waals surface area contributed by atoms with Crippen LogP contribution in [-0.4, -0.2) is 36.7 Å². The number of carbonyl (C=O) groups excluding carboxylic acids is 1. The van der Waals surface area contributed by atoms with Gasteiger partial charge in [0, 0.05) is 12.5 Å². The maximum absolute atomic E-state index is 11.7. The van der Waals surface area contributed by atoms with Gasteiger partial charge in [-0.25, -0.2) is 0 Å². The molecule has 6 heteroatoms. The number of benzene rings is 1. The summed E-state index contributed by atoms with van der Waals surface area (Å²) < 4.78 is 10.5. The lowest BCUT2D eigenvalue weighted by atomic mass is 10.2. The Kier molecular flexibility index (Phi) is 6.52. The number of methoxy groups -OCH3 is 1. The van der Waals surface area contributed by atoms with Crippen molar-refractivity contribution in [3.05, 3.63) is 23.8 Å². The fourth-order valence-corrected chi connectivity index (χ4v) is 1.82. The highest BCUT2D eigenvalue weighted by atomic mass is 16.5. The first-order chi connectivity index (χ1) is 9.92. The van der Waals surface area contributed by atoms with Crippen LogP contribution < -0.4 is 14.8 Å². The molecule has 2 N–H and O–H groups in total. The number of carbonyl (C=O) groups is 2. The summed E-state index contributed by atoms with van der Waals surface area (Å²) in [4.78, 5) is 22.1. The van der Waals surface area contributed by atoms with E-state index in [4.69, 9.17) is 14.6 Å². The van der Waals surface area contributed by atoms with Crippen LogP contribution in [0.25, 0.3) is 0 Å². The molecule has 0 saturated heterocycles. The van der Waals surface area contributed by atoms with Gasteiger partial charge in [-0.1, -0.05) is 0 Å². The maximum Gasteiger partial charge on any atom is 0.303 e. The third-order valence-electron chi connectivity index (χ3n) is 2.93. The van der Waals surface area contributed by atoms with Crippen LogP contribution >= 0.6 is 0 Å². The van der Waals surface area contributed by atoms with E-state index in [9.17, 15) is 9.59 Å². The molecule has 1 amide bonds. The molecule has 0 saturated carbocycles. The van der Waals surface area contributed by atoms with E-state index in [1.165, 1.54) is 0 Å². The first kappa shape index (κ1) is 16.8. The van der Waals surface area contributed by atoms with Crippen molar-refractivity contribution in [2.75, 3.05) is 13.7 Å². The first-order valence-electron chi connectivity index (χ1n) is 6.71. The smallest absolute Gasteiger partial charge is 0.303 e. The number of carboxylic acids is 1. The molecule has 0 radical (unpaired) electrons. The number of ether oxygens (including phenoxy) is 2. The average molecular weight is 295 g/mol. The Hall–Kier alpha value is -2.24. The van der Waals surface area contributed by atoms with E-state index in [-0.39, 0.29) is 25.0 Å². The zero-order valence-electron chi connectivity index (χ0n) is 12.5. The van der Waals surface area contributed by atoms with Crippen LogP contribution in [0.1, 0.15) is 25.3 Å². The molecule has 1 unspecified atom stereocenters. The summed E-state index contributed by atoms with van der Waals surface area (Å²) in [5.74, 6) is 0.193. The number of nitrogens with one attached hydrogen (secondary N) is 1. The Morgan fingerprint density at radius 2 is 2.10 bits per heavy atom. The molecule has 1 atom stereocenters. The van der Waals surface area contributed by atoms with E-state index < -0.39 is 5.97 Å². The van der Waals surface area contributed by atoms with E-state index in [1.807, 2.05) is 6.92 Å². The second kappa shape index (κ2) is 8.14. The van der Waals surface area contributed by atoms with Crippen LogP contribution in [0.5, 0.6) is 11.5 Å². The molecule has 0 fully saturated rings. The quantitative estimate of drug-likeness (QED) is 0.763. The monoisotopic (exact) mass is 295 g/mol. The van der Waals surface area contributed by atoms with Gasteiger partial charge >= 0.3 is 5.97 Å². The van der Waals surface area contributed by atoms with Crippen LogP contribution in [0, 0.1) is 6.92 Å². The average Bonchev–Trinajstić information content (AvgIpc) is 2.43. The topological polar surface area (TPSA) is 84.9 Å². The normalized spacial score (nSPS) is 11.6. The number of hydrogen-bond acceptors (Lipinski definition) is 4. The molecule has 1 aromatic carbocycles. The molecule has 6 nitrogen and oxygen atoms in total. The van der Waals surface area contributed by atoms with Gasteiger partial charge in [0.05, 0.1) is 7.11 Å². The second-order valence-corrected chi connectivity index (χ2v) is 4.82. The van der Waals surface area contributed by atoms with Crippen LogP contribution in [0.3, 0.4) is 0 Å². The van der Waals surface area contributed by atoms with Crippen molar-refractivity contribution in [2.24, 2.45) is 0 Å². The molecule has 1 rings (SSSR count). The third-order valence-corrected chi connectivity index (χ3v) is 2.93. The van der Waals surface area contributed by atoms with Crippen molar-refractivity contribution in [2.45, 2.75) is 32.7 Å². The van der Waals surface area contributed by atoms with Gasteiger partial charge in [0.25, 0.3) is 5.91 Å². The Morgan fingerprint density at radius 1 is 1.38 bits per heavy atom. The molecule has 0 aliphatic heterocycles. The lowest BCUT2D eigenvalue weighted by molar-refractivity contribution is -0.137. The third kappa shape index (κ3) is 6.16. The second-order valence-electron chi connectivity index (χ2n) is 4.82. The predicted molar refractivity (Wildman–Crippen MR) is 77.7 cm³/mol. The van der Waals surface area contributed by atoms with Crippen molar-refractivity contribution in [3.63, 3.8) is 0 Å². The van der Waals surface area contributed by atoms with Crippen LogP contribution in [0.4, 0.5) is 0 Å². The summed E-state index contributed by atoms with van der Waals surface area (Å²) in [7, 11) is 1.59. The Bertz CT molecular complexity index is 501. The number of rotatable bonds is 8. The molecule has 116 valence electrons. The highest BCUT2D eigenvalue weighted by Gasteiger charge is 2.10. The van der Waals surface area contributed by atoms with Crippen molar-refractivity contribution in [1.82, 2.24) is 5.32 Å². The SMILES string of the molecule is COc1ccc(OCC(=O)NC(C)CCC(=O)O)cc1C. The summed E-state index contributed by atoms with van der Waals surface area (Å²) in [5.41, 5.74) is 0.922. The maximum atomic E-state index is 11.7. The van der Waals surface area contributed by atoms with Crippen molar-refractivity contribution in [3.8, 4) is 11.5 Å². The number of aliphatic carboxylic acids is 1. The Labute approximate surface area is 124 Å². The summed E-state index contributed by atoms with van der Waals surface area (Å²) in [6.45, 7) is 3.54. The van der Waals surface area contributed by atoms with Crippen LogP contribution in [0.2, 0.25) is 0 Å². The summed E-state index contributed by atoms with van der Waals surface area (Å²) in [6.07, 6.45) is 0.419. The zero-order chi connectivity index (χ0) is 15.8. The van der Waals surface area contributed by atoms with Gasteiger partial charge in [-0.05, 0) is 44.0 Å². The van der Waals surface area contributed by atoms with Gasteiger partial charge < -0.3 is 19.9 Å². The van der Waals surface area contributed by atoms with Gasteiger partial charge in [-0.2, -0.15) is 0 Å². The van der Waals surface area contributed by atoms with Crippen molar-refractivity contribution in [1.29, 1.82) is 0 Å². The van der Waals surface area contributed by atoms with E-state index in [0.29, 0.717) is 12.2 Å². The van der Waals surface area contributed by atoms with Crippen LogP contribution in [-0.2, 0) is 9.59 Å². The zero-order valence-corrected chi connectivity index (χ0v) is 12.5. The number of aryl methyl sites for hydroxylation is 1. The highest BCUT2D eigenvalue weighted by Crippen LogP contribution is 2.22. The molecular weight excluding hydrogens is 274 g/mol. The van der Waals surface area contributed by atoms with Gasteiger partial charge in [0.1, 0.15) is 11.5 Å². The number of carboxylic acid groups (broad SMARTS) is 1. The highest BCUT2D eigenvalue weighted by molar-refractivity contribution is 5.77. The molecule has 1 aromatic rings. The number of amides is 1. The molecular formula is C15H21NO5. The fraction of sp³-hybridized carbons (Fsp3) is 0.467.